The molecule has 31 heavy (non-hydrogen) atoms. The highest BCUT2D eigenvalue weighted by atomic mass is 79.9. The first kappa shape index (κ1) is 22.9. The van der Waals surface area contributed by atoms with Crippen molar-refractivity contribution in [1.29, 1.82) is 0 Å². The van der Waals surface area contributed by atoms with Crippen molar-refractivity contribution in [3.63, 3.8) is 0 Å². The molecule has 2 aromatic carbocycles. The van der Waals surface area contributed by atoms with E-state index in [-0.39, 0.29) is 11.8 Å². The molecule has 3 rings (SSSR count). The van der Waals surface area contributed by atoms with E-state index in [1.165, 1.54) is 32.4 Å². The molecule has 1 fully saturated rings. The number of methoxy groups -OCH3 is 2. The van der Waals surface area contributed by atoms with Crippen molar-refractivity contribution in [1.82, 2.24) is 9.80 Å². The number of nitrogens with zero attached hydrogens (tertiary/aromatic N) is 2. The maximum Gasteiger partial charge on any atom is 0.263 e. The van der Waals surface area contributed by atoms with Crippen LogP contribution in [0.15, 0.2) is 40.9 Å². The van der Waals surface area contributed by atoms with Gasteiger partial charge in [-0.15, -0.1) is 0 Å². The van der Waals surface area contributed by atoms with Crippen molar-refractivity contribution in [3.05, 3.63) is 52.3 Å². The van der Waals surface area contributed by atoms with Gasteiger partial charge in [0, 0.05) is 37.8 Å². The minimum atomic E-state index is -0.744. The van der Waals surface area contributed by atoms with E-state index in [4.69, 9.17) is 14.2 Å². The number of ether oxygens (including phenoxy) is 3. The lowest BCUT2D eigenvalue weighted by atomic mass is 10.1. The van der Waals surface area contributed by atoms with Gasteiger partial charge in [0.1, 0.15) is 23.1 Å². The number of carbonyl (C=O) groups is 2. The Morgan fingerprint density at radius 1 is 0.968 bits per heavy atom. The first-order valence-electron chi connectivity index (χ1n) is 9.75. The molecular weight excluding hydrogens is 471 g/mol. The summed E-state index contributed by atoms with van der Waals surface area (Å²) in [6.45, 7) is 3.24. The third kappa shape index (κ3) is 5.46. The molecule has 0 N–H and O–H groups in total. The fraction of sp³-hybridized carbons (Fsp3) is 0.364. The van der Waals surface area contributed by atoms with Crippen LogP contribution in [0, 0.1) is 5.82 Å². The minimum Gasteiger partial charge on any atom is -0.497 e. The molecule has 0 spiro atoms. The van der Waals surface area contributed by atoms with Crippen LogP contribution in [0.5, 0.6) is 17.2 Å². The highest BCUT2D eigenvalue weighted by Gasteiger charge is 2.29. The van der Waals surface area contributed by atoms with Crippen molar-refractivity contribution in [2.24, 2.45) is 0 Å². The number of benzene rings is 2. The summed E-state index contributed by atoms with van der Waals surface area (Å²) in [6, 6.07) is 9.06. The van der Waals surface area contributed by atoms with E-state index in [0.717, 1.165) is 0 Å². The molecule has 0 bridgehead atoms. The second-order valence-electron chi connectivity index (χ2n) is 7.05. The maximum atomic E-state index is 13.2. The van der Waals surface area contributed by atoms with Crippen molar-refractivity contribution >= 4 is 27.7 Å². The first-order valence-corrected chi connectivity index (χ1v) is 10.5. The normalized spacial score (nSPS) is 14.7. The van der Waals surface area contributed by atoms with Gasteiger partial charge in [0.25, 0.3) is 11.8 Å². The van der Waals surface area contributed by atoms with E-state index in [9.17, 15) is 14.0 Å². The highest BCUT2D eigenvalue weighted by molar-refractivity contribution is 9.10. The van der Waals surface area contributed by atoms with Crippen LogP contribution in [0.25, 0.3) is 0 Å². The van der Waals surface area contributed by atoms with Crippen molar-refractivity contribution in [2.75, 3.05) is 40.4 Å². The zero-order chi connectivity index (χ0) is 22.5. The second-order valence-corrected chi connectivity index (χ2v) is 7.91. The third-order valence-corrected chi connectivity index (χ3v) is 5.64. The molecule has 9 heteroatoms. The van der Waals surface area contributed by atoms with E-state index in [1.807, 2.05) is 0 Å². The van der Waals surface area contributed by atoms with Crippen LogP contribution in [-0.2, 0) is 4.79 Å². The van der Waals surface area contributed by atoms with Gasteiger partial charge in [0.05, 0.1) is 18.7 Å². The molecule has 0 saturated carbocycles. The largest absolute Gasteiger partial charge is 0.497 e. The van der Waals surface area contributed by atoms with E-state index in [0.29, 0.717) is 53.5 Å². The molecule has 1 unspecified atom stereocenters. The Balaban J connectivity index is 1.59. The van der Waals surface area contributed by atoms with Crippen molar-refractivity contribution in [2.45, 2.75) is 13.0 Å². The average molecular weight is 495 g/mol. The molecule has 1 saturated heterocycles. The Morgan fingerprint density at radius 3 is 2.10 bits per heavy atom. The van der Waals surface area contributed by atoms with Crippen LogP contribution in [-0.4, -0.2) is 68.1 Å². The monoisotopic (exact) mass is 494 g/mol. The number of amides is 2. The van der Waals surface area contributed by atoms with Crippen LogP contribution in [0.4, 0.5) is 4.39 Å². The average Bonchev–Trinajstić information content (AvgIpc) is 2.79. The van der Waals surface area contributed by atoms with Crippen molar-refractivity contribution in [3.8, 4) is 17.2 Å². The quantitative estimate of drug-likeness (QED) is 0.615. The van der Waals surface area contributed by atoms with Crippen LogP contribution >= 0.6 is 15.9 Å². The summed E-state index contributed by atoms with van der Waals surface area (Å²) in [5.41, 5.74) is 0.467. The molecule has 0 aliphatic carbocycles. The predicted molar refractivity (Wildman–Crippen MR) is 116 cm³/mol. The molecule has 1 atom stereocenters. The highest BCUT2D eigenvalue weighted by Crippen LogP contribution is 2.27. The number of carbonyl (C=O) groups excluding carboxylic acids is 2. The zero-order valence-corrected chi connectivity index (χ0v) is 19.1. The Hall–Kier alpha value is -2.81. The molecule has 0 radical (unpaired) electrons. The number of hydrogen-bond donors (Lipinski definition) is 0. The van der Waals surface area contributed by atoms with Gasteiger partial charge in [0.2, 0.25) is 0 Å². The minimum absolute atomic E-state index is 0.149. The predicted octanol–water partition coefficient (Wildman–Crippen LogP) is 3.36. The van der Waals surface area contributed by atoms with Crippen LogP contribution in [0.3, 0.4) is 0 Å². The molecule has 0 aromatic heterocycles. The molecule has 1 aliphatic heterocycles. The van der Waals surface area contributed by atoms with E-state index in [1.54, 1.807) is 34.9 Å². The molecule has 2 amide bonds. The van der Waals surface area contributed by atoms with Crippen LogP contribution < -0.4 is 14.2 Å². The summed E-state index contributed by atoms with van der Waals surface area (Å²) in [5.74, 6) is 0.731. The van der Waals surface area contributed by atoms with Crippen LogP contribution in [0.1, 0.15) is 17.3 Å². The number of rotatable bonds is 6. The first-order chi connectivity index (χ1) is 14.8. The molecule has 1 heterocycles. The van der Waals surface area contributed by atoms with Gasteiger partial charge >= 0.3 is 0 Å². The number of piperazine rings is 1. The Morgan fingerprint density at radius 2 is 1.55 bits per heavy atom. The maximum absolute atomic E-state index is 13.2. The lowest BCUT2D eigenvalue weighted by Gasteiger charge is -2.36. The summed E-state index contributed by atoms with van der Waals surface area (Å²) in [4.78, 5) is 29.0. The second kappa shape index (κ2) is 10.00. The standard InChI is InChI=1S/C22H24BrFN2O5/c1-14(31-20-5-4-16(24)12-19(20)23)21(27)25-6-8-26(9-7-25)22(28)15-10-17(29-2)13-18(11-15)30-3/h4-5,10-14H,6-9H2,1-3H3. The zero-order valence-electron chi connectivity index (χ0n) is 17.6. The Kier molecular flexibility index (Phi) is 7.37. The van der Waals surface area contributed by atoms with E-state index in [2.05, 4.69) is 15.9 Å². The van der Waals surface area contributed by atoms with Gasteiger partial charge < -0.3 is 24.0 Å². The summed E-state index contributed by atoms with van der Waals surface area (Å²) in [6.07, 6.45) is -0.744. The SMILES string of the molecule is COc1cc(OC)cc(C(=O)N2CCN(C(=O)C(C)Oc3ccc(F)cc3Br)CC2)c1. The molecule has 1 aliphatic rings. The summed E-state index contributed by atoms with van der Waals surface area (Å²) < 4.78 is 29.8. The molecular formula is C22H24BrFN2O5. The summed E-state index contributed by atoms with van der Waals surface area (Å²) >= 11 is 3.24. The van der Waals surface area contributed by atoms with Crippen molar-refractivity contribution < 1.29 is 28.2 Å². The van der Waals surface area contributed by atoms with E-state index < -0.39 is 11.9 Å². The van der Waals surface area contributed by atoms with Gasteiger partial charge in [-0.2, -0.15) is 0 Å². The number of hydrogen-bond acceptors (Lipinski definition) is 5. The topological polar surface area (TPSA) is 68.3 Å². The molecule has 7 nitrogen and oxygen atoms in total. The van der Waals surface area contributed by atoms with Crippen LogP contribution in [0.2, 0.25) is 0 Å². The smallest absolute Gasteiger partial charge is 0.263 e. The van der Waals surface area contributed by atoms with Gasteiger partial charge in [-0.05, 0) is 53.2 Å². The third-order valence-electron chi connectivity index (χ3n) is 5.02. The summed E-state index contributed by atoms with van der Waals surface area (Å²) in [7, 11) is 3.06. The van der Waals surface area contributed by atoms with Gasteiger partial charge in [-0.25, -0.2) is 4.39 Å². The lowest BCUT2D eigenvalue weighted by molar-refractivity contribution is -0.139. The molecule has 166 valence electrons. The fourth-order valence-electron chi connectivity index (χ4n) is 3.31. The fourth-order valence-corrected chi connectivity index (χ4v) is 3.76. The van der Waals surface area contributed by atoms with Gasteiger partial charge in [0.15, 0.2) is 6.10 Å². The lowest BCUT2D eigenvalue weighted by Crippen LogP contribution is -2.53. The number of halogens is 2. The van der Waals surface area contributed by atoms with Gasteiger partial charge in [-0.1, -0.05) is 0 Å². The Bertz CT molecular complexity index is 941. The molecule has 2 aromatic rings. The summed E-state index contributed by atoms with van der Waals surface area (Å²) in [5, 5.41) is 0. The van der Waals surface area contributed by atoms with Gasteiger partial charge in [-0.3, -0.25) is 9.59 Å². The van der Waals surface area contributed by atoms with E-state index >= 15 is 0 Å². The Labute approximate surface area is 188 Å².